The highest BCUT2D eigenvalue weighted by Crippen LogP contribution is 2.25. The summed E-state index contributed by atoms with van der Waals surface area (Å²) in [4.78, 5) is 35.3. The minimum absolute atomic E-state index is 0.147. The van der Waals surface area contributed by atoms with Crippen LogP contribution in [0, 0.1) is 0 Å². The van der Waals surface area contributed by atoms with Gasteiger partial charge in [-0.25, -0.2) is 4.79 Å². The molecule has 1 aliphatic heterocycles. The number of barbiturate groups is 1. The van der Waals surface area contributed by atoms with Crippen molar-refractivity contribution in [3.05, 3.63) is 29.3 Å². The summed E-state index contributed by atoms with van der Waals surface area (Å²) in [5, 5.41) is 20.7. The van der Waals surface area contributed by atoms with Crippen LogP contribution in [-0.2, 0) is 9.59 Å². The lowest BCUT2D eigenvalue weighted by Crippen LogP contribution is -2.52. The van der Waals surface area contributed by atoms with Crippen LogP contribution in [0.25, 0.3) is 6.08 Å². The van der Waals surface area contributed by atoms with Crippen molar-refractivity contribution in [3.63, 3.8) is 0 Å². The lowest BCUT2D eigenvalue weighted by molar-refractivity contribution is -0.129. The number of aromatic hydroxyl groups is 2. The molecule has 1 heterocycles. The van der Waals surface area contributed by atoms with Crippen molar-refractivity contribution in [1.29, 1.82) is 0 Å². The number of carbonyl (C=O) groups is 3. The molecule has 7 heteroatoms. The Morgan fingerprint density at radius 1 is 1.21 bits per heavy atom. The quantitative estimate of drug-likeness (QED) is 0.494. The first kappa shape index (κ1) is 12.6. The van der Waals surface area contributed by atoms with E-state index < -0.39 is 17.8 Å². The Kier molecular flexibility index (Phi) is 2.95. The largest absolute Gasteiger partial charge is 0.508 e. The van der Waals surface area contributed by atoms with Gasteiger partial charge in [-0.05, 0) is 18.2 Å². The second-order valence-electron chi connectivity index (χ2n) is 3.92. The summed E-state index contributed by atoms with van der Waals surface area (Å²) in [7, 11) is 1.23. The number of phenols is 2. The molecule has 0 unspecified atom stereocenters. The molecule has 0 radical (unpaired) electrons. The number of carbonyl (C=O) groups excluding carboxylic acids is 3. The highest BCUT2D eigenvalue weighted by atomic mass is 16.3. The van der Waals surface area contributed by atoms with Gasteiger partial charge < -0.3 is 10.2 Å². The topological polar surface area (TPSA) is 107 Å². The zero-order valence-electron chi connectivity index (χ0n) is 9.88. The summed E-state index contributed by atoms with van der Waals surface area (Å²) in [6, 6.07) is 2.91. The number of urea groups is 1. The van der Waals surface area contributed by atoms with E-state index in [2.05, 4.69) is 0 Å². The molecule has 0 atom stereocenters. The fraction of sp³-hybridized carbons (Fsp3) is 0.0833. The van der Waals surface area contributed by atoms with Gasteiger partial charge in [0.2, 0.25) is 0 Å². The van der Waals surface area contributed by atoms with Crippen molar-refractivity contribution < 1.29 is 24.6 Å². The van der Waals surface area contributed by atoms with Gasteiger partial charge in [0.25, 0.3) is 11.8 Å². The number of phenolic OH excluding ortho intramolecular Hbond substituents is 2. The van der Waals surface area contributed by atoms with Crippen LogP contribution in [-0.4, -0.2) is 40.0 Å². The van der Waals surface area contributed by atoms with E-state index >= 15 is 0 Å². The third-order valence-electron chi connectivity index (χ3n) is 2.62. The zero-order chi connectivity index (χ0) is 14.2. The number of rotatable bonds is 1. The third-order valence-corrected chi connectivity index (χ3v) is 2.62. The molecular formula is C12H10N2O5. The highest BCUT2D eigenvalue weighted by Gasteiger charge is 2.33. The fourth-order valence-electron chi connectivity index (χ4n) is 1.56. The Bertz CT molecular complexity index is 621. The lowest BCUT2D eigenvalue weighted by Gasteiger charge is -2.22. The molecule has 1 aliphatic rings. The Hall–Kier alpha value is -2.83. The van der Waals surface area contributed by atoms with E-state index in [1.807, 2.05) is 5.32 Å². The van der Waals surface area contributed by atoms with Crippen LogP contribution >= 0.6 is 0 Å². The van der Waals surface area contributed by atoms with E-state index in [1.54, 1.807) is 0 Å². The Morgan fingerprint density at radius 2 is 1.89 bits per heavy atom. The predicted molar refractivity (Wildman–Crippen MR) is 64.1 cm³/mol. The smallest absolute Gasteiger partial charge is 0.331 e. The summed E-state index contributed by atoms with van der Waals surface area (Å²) in [6.45, 7) is 0. The van der Waals surface area contributed by atoms with Crippen LogP contribution in [0.1, 0.15) is 5.56 Å². The van der Waals surface area contributed by atoms with Gasteiger partial charge in [-0.2, -0.15) is 0 Å². The van der Waals surface area contributed by atoms with E-state index in [4.69, 9.17) is 5.11 Å². The second kappa shape index (κ2) is 4.45. The van der Waals surface area contributed by atoms with Crippen LogP contribution in [0.15, 0.2) is 23.8 Å². The SMILES string of the molecule is CN1C(=O)NC(=O)/C(=C\c2ccc(O)cc2O)C1=O. The predicted octanol–water partition coefficient (Wildman–Crippen LogP) is 0.189. The van der Waals surface area contributed by atoms with Gasteiger partial charge in [0.1, 0.15) is 17.1 Å². The molecule has 1 aromatic carbocycles. The van der Waals surface area contributed by atoms with Crippen LogP contribution in [0.5, 0.6) is 11.5 Å². The number of imide groups is 2. The second-order valence-corrected chi connectivity index (χ2v) is 3.92. The summed E-state index contributed by atoms with van der Waals surface area (Å²) in [5.74, 6) is -2.03. The number of amides is 4. The van der Waals surface area contributed by atoms with Crippen molar-refractivity contribution in [2.75, 3.05) is 7.05 Å². The molecule has 0 spiro atoms. The number of nitrogens with one attached hydrogen (secondary N) is 1. The van der Waals surface area contributed by atoms with Gasteiger partial charge in [-0.15, -0.1) is 0 Å². The average molecular weight is 262 g/mol. The maximum absolute atomic E-state index is 11.8. The molecule has 0 aliphatic carbocycles. The lowest BCUT2D eigenvalue weighted by atomic mass is 10.1. The molecule has 0 bridgehead atoms. The van der Waals surface area contributed by atoms with Crippen LogP contribution in [0.4, 0.5) is 4.79 Å². The van der Waals surface area contributed by atoms with E-state index in [0.717, 1.165) is 17.0 Å². The van der Waals surface area contributed by atoms with Gasteiger partial charge in [0.05, 0.1) is 0 Å². The molecule has 1 saturated heterocycles. The average Bonchev–Trinajstić information content (AvgIpc) is 2.34. The minimum Gasteiger partial charge on any atom is -0.508 e. The monoisotopic (exact) mass is 262 g/mol. The van der Waals surface area contributed by atoms with Crippen LogP contribution in [0.2, 0.25) is 0 Å². The van der Waals surface area contributed by atoms with Crippen molar-refractivity contribution in [2.24, 2.45) is 0 Å². The maximum Gasteiger partial charge on any atom is 0.331 e. The molecule has 0 saturated carbocycles. The molecule has 7 nitrogen and oxygen atoms in total. The fourth-order valence-corrected chi connectivity index (χ4v) is 1.56. The van der Waals surface area contributed by atoms with E-state index in [0.29, 0.717) is 0 Å². The Labute approximate surface area is 107 Å². The number of likely N-dealkylation sites (N-methyl/N-ethyl adjacent to an activating group) is 1. The molecule has 2 rings (SSSR count). The van der Waals surface area contributed by atoms with E-state index in [-0.39, 0.29) is 22.6 Å². The van der Waals surface area contributed by atoms with Crippen molar-refractivity contribution in [2.45, 2.75) is 0 Å². The molecule has 4 amide bonds. The Morgan fingerprint density at radius 3 is 2.53 bits per heavy atom. The van der Waals surface area contributed by atoms with Crippen LogP contribution in [0.3, 0.4) is 0 Å². The Balaban J connectivity index is 2.44. The zero-order valence-corrected chi connectivity index (χ0v) is 9.88. The number of benzene rings is 1. The van der Waals surface area contributed by atoms with Gasteiger partial charge in [0, 0.05) is 18.7 Å². The normalized spacial score (nSPS) is 17.8. The molecule has 0 aromatic heterocycles. The highest BCUT2D eigenvalue weighted by molar-refractivity contribution is 6.30. The summed E-state index contributed by atoms with van der Waals surface area (Å²) in [6.07, 6.45) is 1.15. The van der Waals surface area contributed by atoms with E-state index in [1.165, 1.54) is 19.2 Å². The van der Waals surface area contributed by atoms with Gasteiger partial charge >= 0.3 is 6.03 Å². The maximum atomic E-state index is 11.8. The first-order valence-electron chi connectivity index (χ1n) is 5.27. The molecule has 1 fully saturated rings. The number of hydrogen-bond acceptors (Lipinski definition) is 5. The summed E-state index contributed by atoms with van der Waals surface area (Å²) >= 11 is 0. The number of hydrogen-bond donors (Lipinski definition) is 3. The molecular weight excluding hydrogens is 252 g/mol. The van der Waals surface area contributed by atoms with E-state index in [9.17, 15) is 19.5 Å². The summed E-state index contributed by atoms with van der Waals surface area (Å²) < 4.78 is 0. The van der Waals surface area contributed by atoms with Crippen molar-refractivity contribution in [1.82, 2.24) is 10.2 Å². The molecule has 1 aromatic rings. The van der Waals surface area contributed by atoms with Gasteiger partial charge in [-0.3, -0.25) is 19.8 Å². The molecule has 98 valence electrons. The summed E-state index contributed by atoms with van der Waals surface area (Å²) in [5.41, 5.74) is -0.0952. The van der Waals surface area contributed by atoms with Gasteiger partial charge in [0.15, 0.2) is 0 Å². The third kappa shape index (κ3) is 2.25. The molecule has 3 N–H and O–H groups in total. The first-order valence-corrected chi connectivity index (χ1v) is 5.27. The molecule has 19 heavy (non-hydrogen) atoms. The van der Waals surface area contributed by atoms with Crippen molar-refractivity contribution >= 4 is 23.9 Å². The van der Waals surface area contributed by atoms with Crippen LogP contribution < -0.4 is 5.32 Å². The first-order chi connectivity index (χ1) is 8.90. The minimum atomic E-state index is -0.833. The number of nitrogens with zero attached hydrogens (tertiary/aromatic N) is 1. The van der Waals surface area contributed by atoms with Gasteiger partial charge in [-0.1, -0.05) is 0 Å². The standard InChI is InChI=1S/C12H10N2O5/c1-14-11(18)8(10(17)13-12(14)19)4-6-2-3-7(15)5-9(6)16/h2-5,15-16H,1H3,(H,13,17,19)/b8-4+. The van der Waals surface area contributed by atoms with Crippen molar-refractivity contribution in [3.8, 4) is 11.5 Å².